The Kier molecular flexibility index (Phi) is 3.21. The Bertz CT molecular complexity index is 564. The number of halogens is 1. The number of nitrogens with zero attached hydrogens (tertiary/aromatic N) is 2. The van der Waals surface area contributed by atoms with Crippen LogP contribution in [-0.2, 0) is 4.74 Å². The first-order valence-corrected chi connectivity index (χ1v) is 6.76. The average molecular weight is 358 g/mol. The van der Waals surface area contributed by atoms with Crippen molar-refractivity contribution in [3.63, 3.8) is 0 Å². The normalized spacial score (nSPS) is 19.3. The Morgan fingerprint density at radius 1 is 1.39 bits per heavy atom. The van der Waals surface area contributed by atoms with E-state index < -0.39 is 0 Å². The van der Waals surface area contributed by atoms with Crippen LogP contribution in [0.25, 0.3) is 11.5 Å². The highest BCUT2D eigenvalue weighted by Gasteiger charge is 2.24. The number of hydrogen-bond donors (Lipinski definition) is 1. The quantitative estimate of drug-likeness (QED) is 0.837. The maximum absolute atomic E-state index is 9.80. The van der Waals surface area contributed by atoms with Gasteiger partial charge >= 0.3 is 0 Å². The van der Waals surface area contributed by atoms with Gasteiger partial charge in [-0.15, -0.1) is 0 Å². The lowest BCUT2D eigenvalue weighted by Crippen LogP contribution is -1.97. The molecule has 5 nitrogen and oxygen atoms in total. The highest BCUT2D eigenvalue weighted by Crippen LogP contribution is 2.32. The van der Waals surface area contributed by atoms with E-state index in [1.807, 2.05) is 12.1 Å². The van der Waals surface area contributed by atoms with Crippen LogP contribution in [0.2, 0.25) is 0 Å². The molecule has 0 saturated carbocycles. The van der Waals surface area contributed by atoms with Crippen LogP contribution in [0, 0.1) is 3.57 Å². The number of aromatic hydroxyl groups is 1. The highest BCUT2D eigenvalue weighted by atomic mass is 127. The van der Waals surface area contributed by atoms with E-state index in [4.69, 9.17) is 9.26 Å². The van der Waals surface area contributed by atoms with Crippen molar-refractivity contribution in [3.8, 4) is 17.2 Å². The van der Waals surface area contributed by atoms with Crippen molar-refractivity contribution in [2.75, 3.05) is 6.61 Å². The molecule has 1 aliphatic heterocycles. The van der Waals surface area contributed by atoms with Crippen molar-refractivity contribution >= 4 is 22.6 Å². The van der Waals surface area contributed by atoms with Gasteiger partial charge in [0, 0.05) is 10.2 Å². The predicted octanol–water partition coefficient (Wildman–Crippen LogP) is 2.90. The number of ether oxygens (including phenoxy) is 1. The number of benzene rings is 1. The van der Waals surface area contributed by atoms with Crippen molar-refractivity contribution in [1.82, 2.24) is 10.1 Å². The molecule has 1 atom stereocenters. The first kappa shape index (κ1) is 11.9. The predicted molar refractivity (Wildman–Crippen MR) is 72.0 cm³/mol. The molecule has 1 N–H and O–H groups in total. The van der Waals surface area contributed by atoms with E-state index in [9.17, 15) is 5.11 Å². The van der Waals surface area contributed by atoms with Crippen molar-refractivity contribution in [3.05, 3.63) is 27.6 Å². The number of phenolic OH excluding ortho intramolecular Hbond substituents is 1. The summed E-state index contributed by atoms with van der Waals surface area (Å²) in [4.78, 5) is 4.30. The molecule has 0 amide bonds. The summed E-state index contributed by atoms with van der Waals surface area (Å²) in [6.45, 7) is 0.739. The Morgan fingerprint density at radius 3 is 3.06 bits per heavy atom. The zero-order valence-corrected chi connectivity index (χ0v) is 11.6. The van der Waals surface area contributed by atoms with Crippen LogP contribution < -0.4 is 0 Å². The summed E-state index contributed by atoms with van der Waals surface area (Å²) in [5.41, 5.74) is 0.554. The fourth-order valence-corrected chi connectivity index (χ4v) is 2.43. The van der Waals surface area contributed by atoms with Crippen LogP contribution >= 0.6 is 22.6 Å². The fraction of sp³-hybridized carbons (Fsp3) is 0.333. The van der Waals surface area contributed by atoms with Crippen LogP contribution in [0.3, 0.4) is 0 Å². The zero-order valence-electron chi connectivity index (χ0n) is 9.47. The molecule has 1 aliphatic rings. The van der Waals surface area contributed by atoms with Gasteiger partial charge in [-0.05, 0) is 53.6 Å². The molecule has 2 heterocycles. The van der Waals surface area contributed by atoms with Crippen LogP contribution in [-0.4, -0.2) is 21.9 Å². The van der Waals surface area contributed by atoms with Gasteiger partial charge in [-0.1, -0.05) is 5.16 Å². The Labute approximate surface area is 117 Å². The van der Waals surface area contributed by atoms with Gasteiger partial charge in [0.15, 0.2) is 0 Å². The minimum absolute atomic E-state index is 0.0765. The average Bonchev–Trinajstić information content (AvgIpc) is 3.00. The van der Waals surface area contributed by atoms with Crippen LogP contribution in [0.5, 0.6) is 5.75 Å². The van der Waals surface area contributed by atoms with E-state index in [2.05, 4.69) is 32.7 Å². The largest absolute Gasteiger partial charge is 0.507 e. The van der Waals surface area contributed by atoms with Gasteiger partial charge in [0.1, 0.15) is 11.9 Å². The van der Waals surface area contributed by atoms with Gasteiger partial charge in [-0.2, -0.15) is 4.98 Å². The smallest absolute Gasteiger partial charge is 0.261 e. The SMILES string of the molecule is Oc1ccc(I)cc1-c1nc(C2CCCO2)no1. The van der Waals surface area contributed by atoms with Gasteiger partial charge in [-0.25, -0.2) is 0 Å². The molecule has 1 unspecified atom stereocenters. The second-order valence-corrected chi connectivity index (χ2v) is 5.37. The summed E-state index contributed by atoms with van der Waals surface area (Å²) in [7, 11) is 0. The van der Waals surface area contributed by atoms with Crippen molar-refractivity contribution < 1.29 is 14.4 Å². The van der Waals surface area contributed by atoms with E-state index in [1.165, 1.54) is 0 Å². The second kappa shape index (κ2) is 4.85. The molecule has 2 aromatic rings. The third-order valence-corrected chi connectivity index (χ3v) is 3.52. The number of aromatic nitrogens is 2. The lowest BCUT2D eigenvalue weighted by Gasteiger charge is -2.01. The molecule has 0 bridgehead atoms. The van der Waals surface area contributed by atoms with Gasteiger partial charge in [-0.3, -0.25) is 0 Å². The molecule has 0 aliphatic carbocycles. The van der Waals surface area contributed by atoms with Crippen LogP contribution in [0.15, 0.2) is 22.7 Å². The number of phenols is 1. The molecular formula is C12H11IN2O3. The molecule has 0 spiro atoms. The summed E-state index contributed by atoms with van der Waals surface area (Å²) in [6.07, 6.45) is 1.85. The minimum atomic E-state index is -0.0765. The summed E-state index contributed by atoms with van der Waals surface area (Å²) in [6, 6.07) is 5.24. The third-order valence-electron chi connectivity index (χ3n) is 2.85. The van der Waals surface area contributed by atoms with Gasteiger partial charge in [0.05, 0.1) is 5.56 Å². The van der Waals surface area contributed by atoms with E-state index in [1.54, 1.807) is 6.07 Å². The topological polar surface area (TPSA) is 68.4 Å². The molecule has 6 heteroatoms. The Hall–Kier alpha value is -1.15. The summed E-state index contributed by atoms with van der Waals surface area (Å²) in [5, 5.41) is 13.7. The molecule has 18 heavy (non-hydrogen) atoms. The fourth-order valence-electron chi connectivity index (χ4n) is 1.94. The standard InChI is InChI=1S/C12H11IN2O3/c13-7-3-4-9(16)8(6-7)12-14-11(15-18-12)10-2-1-5-17-10/h3-4,6,10,16H,1-2,5H2. The summed E-state index contributed by atoms with van der Waals surface area (Å²) >= 11 is 2.17. The summed E-state index contributed by atoms with van der Waals surface area (Å²) in [5.74, 6) is 1.02. The van der Waals surface area contributed by atoms with E-state index in [0.717, 1.165) is 23.0 Å². The first-order valence-electron chi connectivity index (χ1n) is 5.68. The molecule has 1 aromatic carbocycles. The van der Waals surface area contributed by atoms with Crippen molar-refractivity contribution in [1.29, 1.82) is 0 Å². The second-order valence-electron chi connectivity index (χ2n) is 4.12. The van der Waals surface area contributed by atoms with E-state index in [-0.39, 0.29) is 11.9 Å². The van der Waals surface area contributed by atoms with E-state index >= 15 is 0 Å². The molecule has 1 fully saturated rings. The van der Waals surface area contributed by atoms with E-state index in [0.29, 0.717) is 17.3 Å². The van der Waals surface area contributed by atoms with Gasteiger partial charge in [0.25, 0.3) is 5.89 Å². The number of hydrogen-bond acceptors (Lipinski definition) is 5. The lowest BCUT2D eigenvalue weighted by atomic mass is 10.2. The van der Waals surface area contributed by atoms with Crippen LogP contribution in [0.1, 0.15) is 24.8 Å². The molecule has 94 valence electrons. The van der Waals surface area contributed by atoms with Crippen LogP contribution in [0.4, 0.5) is 0 Å². The molecule has 1 saturated heterocycles. The monoisotopic (exact) mass is 358 g/mol. The maximum Gasteiger partial charge on any atom is 0.261 e. The zero-order chi connectivity index (χ0) is 12.5. The van der Waals surface area contributed by atoms with Crippen molar-refractivity contribution in [2.45, 2.75) is 18.9 Å². The van der Waals surface area contributed by atoms with Gasteiger partial charge < -0.3 is 14.4 Å². The lowest BCUT2D eigenvalue weighted by molar-refractivity contribution is 0.103. The molecule has 0 radical (unpaired) electrons. The molecule has 1 aromatic heterocycles. The maximum atomic E-state index is 9.80. The third kappa shape index (κ3) is 2.22. The van der Waals surface area contributed by atoms with Gasteiger partial charge in [0.2, 0.25) is 5.82 Å². The molecular weight excluding hydrogens is 347 g/mol. The number of rotatable bonds is 2. The molecule has 3 rings (SSSR count). The highest BCUT2D eigenvalue weighted by molar-refractivity contribution is 14.1. The first-order chi connectivity index (χ1) is 8.74. The Balaban J connectivity index is 1.94. The van der Waals surface area contributed by atoms with Crippen molar-refractivity contribution in [2.24, 2.45) is 0 Å². The Morgan fingerprint density at radius 2 is 2.28 bits per heavy atom. The summed E-state index contributed by atoms with van der Waals surface area (Å²) < 4.78 is 11.7. The minimum Gasteiger partial charge on any atom is -0.507 e.